The molecule has 0 amide bonds. The van der Waals surface area contributed by atoms with Crippen molar-refractivity contribution >= 4 is 66.9 Å². The minimum absolute atomic E-state index is 1.18. The Morgan fingerprint density at radius 2 is 0.722 bits per heavy atom. The molecule has 0 spiro atoms. The van der Waals surface area contributed by atoms with Crippen LogP contribution in [0.25, 0.3) is 41.1 Å². The maximum Gasteiger partial charge on any atom is 0.0831 e. The van der Waals surface area contributed by atoms with Crippen LogP contribution < -0.4 is 0 Å². The molecule has 0 aliphatic heterocycles. The number of methoxy groups -OCH3 is 2. The number of rotatable bonds is 32. The second-order valence-corrected chi connectivity index (χ2v) is 19.7. The second-order valence-electron chi connectivity index (χ2n) is 15.3. The number of fused-ring (bicyclic) bond motifs is 1. The van der Waals surface area contributed by atoms with E-state index in [4.69, 9.17) is 9.47 Å². The lowest BCUT2D eigenvalue weighted by Gasteiger charge is -2.02. The molecule has 4 aromatic heterocycles. The third kappa shape index (κ3) is 16.3. The highest BCUT2D eigenvalue weighted by Gasteiger charge is 2.17. The molecule has 4 rings (SSSR count). The van der Waals surface area contributed by atoms with Gasteiger partial charge >= 0.3 is 0 Å². The molecule has 0 atom stereocenters. The average molecular weight is 809 g/mol. The van der Waals surface area contributed by atoms with Crippen LogP contribution in [-0.2, 0) is 22.3 Å². The molecule has 6 heteroatoms. The van der Waals surface area contributed by atoms with E-state index in [-0.39, 0.29) is 0 Å². The number of hydrogen-bond acceptors (Lipinski definition) is 6. The lowest BCUT2D eigenvalue weighted by atomic mass is 10.0. The highest BCUT2D eigenvalue weighted by Crippen LogP contribution is 2.47. The topological polar surface area (TPSA) is 18.5 Å². The van der Waals surface area contributed by atoms with Gasteiger partial charge in [-0.3, -0.25) is 0 Å². The van der Waals surface area contributed by atoms with Gasteiger partial charge in [0.1, 0.15) is 0 Å². The molecular formula is C48H72O2S4. The van der Waals surface area contributed by atoms with Gasteiger partial charge in [-0.25, -0.2) is 0 Å². The van der Waals surface area contributed by atoms with E-state index in [0.29, 0.717) is 0 Å². The van der Waals surface area contributed by atoms with Crippen molar-refractivity contribution in [2.75, 3.05) is 14.2 Å². The van der Waals surface area contributed by atoms with Crippen LogP contribution in [0.2, 0.25) is 0 Å². The van der Waals surface area contributed by atoms with Crippen LogP contribution in [0.3, 0.4) is 0 Å². The van der Waals surface area contributed by atoms with Crippen molar-refractivity contribution in [3.63, 3.8) is 0 Å². The number of thiophene rings is 4. The van der Waals surface area contributed by atoms with Crippen molar-refractivity contribution in [2.45, 2.75) is 181 Å². The Morgan fingerprint density at radius 3 is 1.04 bits per heavy atom. The monoisotopic (exact) mass is 808 g/mol. The first-order valence-corrected chi connectivity index (χ1v) is 25.1. The van der Waals surface area contributed by atoms with Gasteiger partial charge in [0, 0.05) is 28.9 Å². The summed E-state index contributed by atoms with van der Waals surface area (Å²) in [5.74, 6) is 0. The summed E-state index contributed by atoms with van der Waals surface area (Å²) in [6.45, 7) is 4.60. The zero-order valence-electron chi connectivity index (χ0n) is 34.5. The predicted octanol–water partition coefficient (Wildman–Crippen LogP) is 18.1. The summed E-state index contributed by atoms with van der Waals surface area (Å²) < 4.78 is 13.5. The number of aryl methyl sites for hydroxylation is 2. The van der Waals surface area contributed by atoms with E-state index in [1.54, 1.807) is 14.2 Å². The van der Waals surface area contributed by atoms with Gasteiger partial charge in [-0.15, -0.1) is 45.3 Å². The molecule has 0 aromatic carbocycles. The summed E-state index contributed by atoms with van der Waals surface area (Å²) in [6.07, 6.45) is 43.8. The summed E-state index contributed by atoms with van der Waals surface area (Å²) in [4.78, 5) is 8.53. The zero-order chi connectivity index (χ0) is 38.1. The number of ether oxygens (including phenoxy) is 2. The van der Waals surface area contributed by atoms with Crippen LogP contribution in [0.5, 0.6) is 0 Å². The summed E-state index contributed by atoms with van der Waals surface area (Å²) >= 11 is 7.86. The van der Waals surface area contributed by atoms with E-state index >= 15 is 0 Å². The van der Waals surface area contributed by atoms with Crippen molar-refractivity contribution in [3.05, 3.63) is 57.7 Å². The fourth-order valence-corrected chi connectivity index (χ4v) is 12.4. The minimum Gasteiger partial charge on any atom is -0.504 e. The van der Waals surface area contributed by atoms with Gasteiger partial charge in [-0.05, 0) is 73.2 Å². The Balaban J connectivity index is 1.28. The highest BCUT2D eigenvalue weighted by molar-refractivity contribution is 7.33. The van der Waals surface area contributed by atoms with Crippen molar-refractivity contribution in [3.8, 4) is 19.5 Å². The molecule has 0 unspecified atom stereocenters. The fourth-order valence-electron chi connectivity index (χ4n) is 7.42. The smallest absolute Gasteiger partial charge is 0.0831 e. The van der Waals surface area contributed by atoms with Gasteiger partial charge in [0.05, 0.1) is 36.5 Å². The van der Waals surface area contributed by atoms with Gasteiger partial charge in [0.2, 0.25) is 0 Å². The molecule has 0 N–H and O–H groups in total. The molecule has 0 bridgehead atoms. The highest BCUT2D eigenvalue weighted by atomic mass is 32.1. The fraction of sp³-hybridized carbons (Fsp3) is 0.625. The molecule has 300 valence electrons. The molecule has 4 aromatic rings. The predicted molar refractivity (Wildman–Crippen MR) is 248 cm³/mol. The maximum atomic E-state index is 5.36. The van der Waals surface area contributed by atoms with Crippen molar-refractivity contribution in [1.29, 1.82) is 0 Å². The molecule has 0 saturated heterocycles. The molecule has 4 heterocycles. The first kappa shape index (κ1) is 44.8. The molecule has 0 aliphatic carbocycles. The summed E-state index contributed by atoms with van der Waals surface area (Å²) in [6, 6.07) is 9.68. The minimum atomic E-state index is 1.18. The molecule has 54 heavy (non-hydrogen) atoms. The number of hydrogen-bond donors (Lipinski definition) is 0. The van der Waals surface area contributed by atoms with Crippen LogP contribution >= 0.6 is 45.3 Å². The van der Waals surface area contributed by atoms with E-state index in [1.807, 2.05) is 57.9 Å². The SMILES string of the molecule is CCCCCCCCCCCCCCc1cc(/C=C/OC)c(-c2cc3sc(-c4sc(CCCCCCCCCCCCCC)cc4/C=C/OC)cc3s2)s1. The Bertz CT molecular complexity index is 1450. The Kier molecular flexibility index (Phi) is 23.0. The van der Waals surface area contributed by atoms with Gasteiger partial charge in [0.15, 0.2) is 0 Å². The number of unbranched alkanes of at least 4 members (excludes halogenated alkanes) is 22. The second kappa shape index (κ2) is 27.7. The lowest BCUT2D eigenvalue weighted by molar-refractivity contribution is 0.341. The third-order valence-electron chi connectivity index (χ3n) is 10.6. The Labute approximate surface area is 346 Å². The van der Waals surface area contributed by atoms with Gasteiger partial charge < -0.3 is 9.47 Å². The maximum absolute atomic E-state index is 5.36. The third-order valence-corrected chi connectivity index (χ3v) is 15.7. The van der Waals surface area contributed by atoms with Crippen LogP contribution in [0.4, 0.5) is 0 Å². The van der Waals surface area contributed by atoms with E-state index in [2.05, 4.69) is 50.3 Å². The van der Waals surface area contributed by atoms with Crippen molar-refractivity contribution in [1.82, 2.24) is 0 Å². The zero-order valence-corrected chi connectivity index (χ0v) is 37.7. The van der Waals surface area contributed by atoms with E-state index in [9.17, 15) is 0 Å². The molecule has 0 fully saturated rings. The molecular weight excluding hydrogens is 737 g/mol. The van der Waals surface area contributed by atoms with Gasteiger partial charge in [-0.1, -0.05) is 155 Å². The van der Waals surface area contributed by atoms with E-state index < -0.39 is 0 Å². The van der Waals surface area contributed by atoms with Crippen molar-refractivity contribution < 1.29 is 9.47 Å². The van der Waals surface area contributed by atoms with Crippen LogP contribution in [0.15, 0.2) is 36.8 Å². The molecule has 0 saturated carbocycles. The van der Waals surface area contributed by atoms with Crippen LogP contribution in [0.1, 0.15) is 189 Å². The standard InChI is InChI=1S/C48H72O2S4/c1-5-7-9-11-13-15-17-19-21-23-25-27-29-41-35-39(31-33-49-3)47(51-41)45-37-43-44(53-45)38-46(54-43)48-40(32-34-50-4)36-42(52-48)30-28-26-24-22-20-18-16-14-12-10-8-6-2/h31-38H,5-30H2,1-4H3/b33-31+,34-32+. The first-order valence-electron chi connectivity index (χ1n) is 21.8. The van der Waals surface area contributed by atoms with Crippen LogP contribution in [0, 0.1) is 0 Å². The summed E-state index contributed by atoms with van der Waals surface area (Å²) in [5.41, 5.74) is 2.58. The quantitative estimate of drug-likeness (QED) is 0.0361. The molecule has 2 nitrogen and oxygen atoms in total. The van der Waals surface area contributed by atoms with Gasteiger partial charge in [0.25, 0.3) is 0 Å². The Morgan fingerprint density at radius 1 is 0.407 bits per heavy atom. The molecule has 0 radical (unpaired) electrons. The van der Waals surface area contributed by atoms with Gasteiger partial charge in [-0.2, -0.15) is 0 Å². The average Bonchev–Trinajstić information content (AvgIpc) is 3.96. The lowest BCUT2D eigenvalue weighted by Crippen LogP contribution is -1.84. The Hall–Kier alpha value is -1.86. The van der Waals surface area contributed by atoms with E-state index in [0.717, 1.165) is 0 Å². The first-order chi connectivity index (χ1) is 26.7. The van der Waals surface area contributed by atoms with Crippen LogP contribution in [-0.4, -0.2) is 14.2 Å². The molecule has 0 aliphatic rings. The van der Waals surface area contributed by atoms with Crippen molar-refractivity contribution in [2.24, 2.45) is 0 Å². The normalized spacial score (nSPS) is 12.0. The van der Waals surface area contributed by atoms with E-state index in [1.165, 1.54) is 217 Å². The summed E-state index contributed by atoms with van der Waals surface area (Å²) in [5, 5.41) is 0. The largest absolute Gasteiger partial charge is 0.504 e. The summed E-state index contributed by atoms with van der Waals surface area (Å²) in [7, 11) is 3.48.